The van der Waals surface area contributed by atoms with Crippen molar-refractivity contribution in [1.29, 1.82) is 0 Å². The first-order valence-corrected chi connectivity index (χ1v) is 5.44. The molecular weight excluding hydrogens is 150 g/mol. The van der Waals surface area contributed by atoms with Crippen molar-refractivity contribution < 1.29 is 0 Å². The molecule has 0 radical (unpaired) electrons. The Balaban J connectivity index is 3.25. The van der Waals surface area contributed by atoms with E-state index in [0.29, 0.717) is 0 Å². The van der Waals surface area contributed by atoms with Crippen molar-refractivity contribution in [3.05, 3.63) is 28.8 Å². The number of rotatable bonds is 1. The SMILES string of the molecule is Cc1cc(C)c([SiH2]N)c(C)c1. The van der Waals surface area contributed by atoms with Gasteiger partial charge in [0, 0.05) is 0 Å². The zero-order valence-corrected chi connectivity index (χ0v) is 8.85. The van der Waals surface area contributed by atoms with Crippen molar-refractivity contribution >= 4 is 14.9 Å². The Bertz CT molecular complexity index is 245. The van der Waals surface area contributed by atoms with Gasteiger partial charge in [-0.15, -0.1) is 0 Å². The first kappa shape index (κ1) is 8.49. The summed E-state index contributed by atoms with van der Waals surface area (Å²) in [5.41, 5.74) is 4.08. The highest BCUT2D eigenvalue weighted by Gasteiger charge is 2.00. The molecule has 2 N–H and O–H groups in total. The molecule has 0 aliphatic heterocycles. The maximum Gasteiger partial charge on any atom is 0.122 e. The van der Waals surface area contributed by atoms with Gasteiger partial charge in [-0.3, -0.25) is 0 Å². The van der Waals surface area contributed by atoms with E-state index < -0.39 is 9.68 Å². The van der Waals surface area contributed by atoms with E-state index in [1.165, 1.54) is 21.9 Å². The highest BCUT2D eigenvalue weighted by molar-refractivity contribution is 6.51. The number of benzene rings is 1. The van der Waals surface area contributed by atoms with Gasteiger partial charge in [0.2, 0.25) is 0 Å². The Labute approximate surface area is 70.5 Å². The summed E-state index contributed by atoms with van der Waals surface area (Å²) in [5, 5.41) is 7.17. The summed E-state index contributed by atoms with van der Waals surface area (Å²) in [7, 11) is -0.483. The molecular formula is C9H15NSi. The predicted molar refractivity (Wildman–Crippen MR) is 53.0 cm³/mol. The Morgan fingerprint density at radius 2 is 1.55 bits per heavy atom. The molecule has 1 aromatic carbocycles. The summed E-state index contributed by atoms with van der Waals surface area (Å²) < 4.78 is 0. The highest BCUT2D eigenvalue weighted by Crippen LogP contribution is 2.03. The molecule has 11 heavy (non-hydrogen) atoms. The fraction of sp³-hybridized carbons (Fsp3) is 0.333. The van der Waals surface area contributed by atoms with Crippen LogP contribution in [0.25, 0.3) is 0 Å². The van der Waals surface area contributed by atoms with Crippen LogP contribution in [0.1, 0.15) is 16.7 Å². The van der Waals surface area contributed by atoms with E-state index in [2.05, 4.69) is 32.9 Å². The fourth-order valence-electron chi connectivity index (χ4n) is 1.53. The van der Waals surface area contributed by atoms with E-state index in [9.17, 15) is 0 Å². The summed E-state index contributed by atoms with van der Waals surface area (Å²) in [6, 6.07) is 4.42. The molecule has 0 bridgehead atoms. The van der Waals surface area contributed by atoms with Crippen molar-refractivity contribution in [3.63, 3.8) is 0 Å². The molecule has 2 heteroatoms. The minimum Gasteiger partial charge on any atom is -0.352 e. The lowest BCUT2D eigenvalue weighted by molar-refractivity contribution is 1.35. The molecule has 0 fully saturated rings. The third-order valence-electron chi connectivity index (χ3n) is 2.04. The van der Waals surface area contributed by atoms with E-state index in [4.69, 9.17) is 5.40 Å². The minimum atomic E-state index is -0.483. The summed E-state index contributed by atoms with van der Waals surface area (Å²) >= 11 is 0. The molecule has 0 aliphatic carbocycles. The average Bonchev–Trinajstić information content (AvgIpc) is 1.85. The van der Waals surface area contributed by atoms with Gasteiger partial charge in [-0.25, -0.2) is 0 Å². The molecule has 0 aliphatic rings. The fourth-order valence-corrected chi connectivity index (χ4v) is 2.38. The number of aryl methyl sites for hydroxylation is 3. The molecule has 1 aromatic rings. The van der Waals surface area contributed by atoms with Crippen LogP contribution in [0.3, 0.4) is 0 Å². The van der Waals surface area contributed by atoms with Crippen LogP contribution in [0.2, 0.25) is 0 Å². The van der Waals surface area contributed by atoms with Crippen LogP contribution < -0.4 is 10.6 Å². The molecule has 0 aromatic heterocycles. The van der Waals surface area contributed by atoms with Gasteiger partial charge in [0.15, 0.2) is 0 Å². The zero-order chi connectivity index (χ0) is 8.43. The van der Waals surface area contributed by atoms with Gasteiger partial charge >= 0.3 is 0 Å². The smallest absolute Gasteiger partial charge is 0.122 e. The van der Waals surface area contributed by atoms with Crippen molar-refractivity contribution in [2.75, 3.05) is 0 Å². The third kappa shape index (κ3) is 1.70. The summed E-state index contributed by atoms with van der Waals surface area (Å²) in [6.07, 6.45) is 0. The standard InChI is InChI=1S/C9H15NSi/c1-6-4-7(2)9(11-10)8(3)5-6/h4-5H,10-11H2,1-3H3. The van der Waals surface area contributed by atoms with E-state index in [-0.39, 0.29) is 0 Å². The summed E-state index contributed by atoms with van der Waals surface area (Å²) in [5.74, 6) is 0. The van der Waals surface area contributed by atoms with E-state index in [1.54, 1.807) is 0 Å². The highest BCUT2D eigenvalue weighted by atomic mass is 28.2. The first-order chi connectivity index (χ1) is 5.15. The maximum atomic E-state index is 5.74. The molecule has 0 atom stereocenters. The average molecular weight is 165 g/mol. The molecule has 0 saturated carbocycles. The van der Waals surface area contributed by atoms with Gasteiger partial charge in [-0.2, -0.15) is 0 Å². The van der Waals surface area contributed by atoms with Crippen molar-refractivity contribution in [2.24, 2.45) is 5.40 Å². The van der Waals surface area contributed by atoms with Crippen LogP contribution in [0.15, 0.2) is 12.1 Å². The second-order valence-corrected chi connectivity index (χ2v) is 4.20. The van der Waals surface area contributed by atoms with Crippen LogP contribution in [-0.2, 0) is 0 Å². The lowest BCUT2D eigenvalue weighted by Gasteiger charge is -2.07. The number of nitrogens with two attached hydrogens (primary N) is 1. The van der Waals surface area contributed by atoms with Crippen LogP contribution >= 0.6 is 0 Å². The normalized spacial score (nSPS) is 11.3. The molecule has 0 saturated heterocycles. The van der Waals surface area contributed by atoms with Crippen molar-refractivity contribution in [2.45, 2.75) is 20.8 Å². The van der Waals surface area contributed by atoms with E-state index >= 15 is 0 Å². The van der Waals surface area contributed by atoms with Crippen LogP contribution in [0.5, 0.6) is 0 Å². The Kier molecular flexibility index (Phi) is 2.47. The number of hydrogen-bond donors (Lipinski definition) is 1. The monoisotopic (exact) mass is 165 g/mol. The quantitative estimate of drug-likeness (QED) is 0.594. The molecule has 1 rings (SSSR count). The Morgan fingerprint density at radius 3 is 1.91 bits per heavy atom. The molecule has 0 heterocycles. The second kappa shape index (κ2) is 3.20. The minimum absolute atomic E-state index is 0.483. The molecule has 0 amide bonds. The van der Waals surface area contributed by atoms with Crippen molar-refractivity contribution in [1.82, 2.24) is 0 Å². The third-order valence-corrected chi connectivity index (χ3v) is 3.57. The van der Waals surface area contributed by atoms with Crippen molar-refractivity contribution in [3.8, 4) is 0 Å². The lowest BCUT2D eigenvalue weighted by atomic mass is 10.1. The molecule has 1 nitrogen and oxygen atoms in total. The van der Waals surface area contributed by atoms with Gasteiger partial charge in [-0.05, 0) is 26.0 Å². The van der Waals surface area contributed by atoms with Gasteiger partial charge in [0.25, 0.3) is 0 Å². The van der Waals surface area contributed by atoms with Crippen LogP contribution in [0, 0.1) is 20.8 Å². The largest absolute Gasteiger partial charge is 0.352 e. The van der Waals surface area contributed by atoms with Gasteiger partial charge < -0.3 is 5.40 Å². The summed E-state index contributed by atoms with van der Waals surface area (Å²) in [4.78, 5) is 0. The molecule has 60 valence electrons. The van der Waals surface area contributed by atoms with E-state index in [1.807, 2.05) is 0 Å². The maximum absolute atomic E-state index is 5.74. The topological polar surface area (TPSA) is 26.0 Å². The Morgan fingerprint density at radius 1 is 1.09 bits per heavy atom. The zero-order valence-electron chi connectivity index (χ0n) is 7.44. The second-order valence-electron chi connectivity index (χ2n) is 3.08. The van der Waals surface area contributed by atoms with E-state index in [0.717, 1.165) is 0 Å². The number of hydrogen-bond acceptors (Lipinski definition) is 1. The first-order valence-electron chi connectivity index (χ1n) is 3.92. The predicted octanol–water partition coefficient (Wildman–Crippen LogP) is 0.280. The van der Waals surface area contributed by atoms with Gasteiger partial charge in [0.1, 0.15) is 9.68 Å². The van der Waals surface area contributed by atoms with Crippen LogP contribution in [0.4, 0.5) is 0 Å². The molecule has 0 unspecified atom stereocenters. The molecule has 0 spiro atoms. The Hall–Kier alpha value is -0.603. The lowest BCUT2D eigenvalue weighted by Crippen LogP contribution is -2.28. The summed E-state index contributed by atoms with van der Waals surface area (Å²) in [6.45, 7) is 6.42. The van der Waals surface area contributed by atoms with Gasteiger partial charge in [-0.1, -0.05) is 28.8 Å². The van der Waals surface area contributed by atoms with Crippen LogP contribution in [-0.4, -0.2) is 9.68 Å². The van der Waals surface area contributed by atoms with Gasteiger partial charge in [0.05, 0.1) is 0 Å².